The SMILES string of the molecule is COc1ccc([I+](OS(=O)(=O)C(F)(F)C(F)(F)C(F)(F)C(F)(F)C(F)(F)C(F)(F)C(F)(F)C(F)(F)F)c2ccccc2)cc1. The van der Waals surface area contributed by atoms with E-state index in [-0.39, 0.29) is 9.32 Å². The second kappa shape index (κ2) is 11.5. The van der Waals surface area contributed by atoms with Gasteiger partial charge in [-0.05, 0) is 38.9 Å². The number of benzene rings is 2. The fraction of sp³-hybridized carbons (Fsp3) is 0.429. The van der Waals surface area contributed by atoms with Gasteiger partial charge in [0.25, 0.3) is 0 Å². The highest BCUT2D eigenvalue weighted by Gasteiger charge is 2.96. The molecule has 44 heavy (non-hydrogen) atoms. The van der Waals surface area contributed by atoms with E-state index >= 15 is 0 Å². The molecule has 0 amide bonds. The average Bonchev–Trinajstić information content (AvgIpc) is 2.90. The van der Waals surface area contributed by atoms with Gasteiger partial charge in [0.1, 0.15) is 5.75 Å². The summed E-state index contributed by atoms with van der Waals surface area (Å²) in [6.45, 7) is 0. The molecular weight excluding hydrogens is 798 g/mol. The Hall–Kier alpha value is -2.31. The third-order valence-electron chi connectivity index (χ3n) is 5.33. The summed E-state index contributed by atoms with van der Waals surface area (Å²) in [7, 11) is -6.61. The Morgan fingerprint density at radius 1 is 0.523 bits per heavy atom. The molecule has 1 radical (unpaired) electrons. The first-order chi connectivity index (χ1) is 19.5. The van der Waals surface area contributed by atoms with Gasteiger partial charge in [0, 0.05) is 0 Å². The molecule has 2 aromatic carbocycles. The van der Waals surface area contributed by atoms with Crippen LogP contribution in [0.2, 0.25) is 0 Å². The number of ether oxygens (including phenoxy) is 1. The van der Waals surface area contributed by atoms with E-state index in [2.05, 4.69) is 2.51 Å². The van der Waals surface area contributed by atoms with Gasteiger partial charge in [-0.3, -0.25) is 0 Å². The smallest absolute Gasteiger partial charge is 0.460 e. The third-order valence-corrected chi connectivity index (χ3v) is 12.7. The first-order valence-corrected chi connectivity index (χ1v) is 15.0. The molecule has 2 aromatic rings. The summed E-state index contributed by atoms with van der Waals surface area (Å²) in [5.74, 6) is -52.1. The minimum absolute atomic E-state index is 0.0214. The number of rotatable bonds is 12. The van der Waals surface area contributed by atoms with Crippen molar-refractivity contribution >= 4 is 10.1 Å². The topological polar surface area (TPSA) is 52.6 Å². The molecule has 0 unspecified atom stereocenters. The van der Waals surface area contributed by atoms with Crippen molar-refractivity contribution in [3.63, 3.8) is 0 Å². The van der Waals surface area contributed by atoms with Gasteiger partial charge in [0.2, 0.25) is 0 Å². The van der Waals surface area contributed by atoms with E-state index in [1.165, 1.54) is 6.07 Å². The van der Waals surface area contributed by atoms with E-state index in [0.717, 1.165) is 55.6 Å². The molecule has 0 fully saturated rings. The normalized spacial score (nSPS) is 15.1. The first kappa shape index (κ1) is 37.9. The van der Waals surface area contributed by atoms with Crippen molar-refractivity contribution in [2.75, 3.05) is 7.11 Å². The third kappa shape index (κ3) is 5.63. The number of alkyl halides is 17. The zero-order chi connectivity index (χ0) is 34.6. The van der Waals surface area contributed by atoms with E-state index in [9.17, 15) is 83.1 Å². The predicted molar refractivity (Wildman–Crippen MR) is 108 cm³/mol. The van der Waals surface area contributed by atoms with Gasteiger partial charge in [-0.25, -0.2) is 0 Å². The van der Waals surface area contributed by atoms with Crippen molar-refractivity contribution < 1.29 is 111 Å². The quantitative estimate of drug-likeness (QED) is 0.233. The Bertz CT molecular complexity index is 1410. The van der Waals surface area contributed by atoms with Crippen LogP contribution in [0.3, 0.4) is 0 Å². The van der Waals surface area contributed by atoms with Gasteiger partial charge in [-0.1, -0.05) is 18.2 Å². The molecule has 23 heteroatoms. The predicted octanol–water partition coefficient (Wildman–Crippen LogP) is 4.59. The zero-order valence-corrected chi connectivity index (χ0v) is 23.5. The molecule has 2 rings (SSSR count). The number of hydrogen-bond acceptors (Lipinski definition) is 4. The molecule has 0 aliphatic heterocycles. The zero-order valence-electron chi connectivity index (χ0n) is 20.5. The van der Waals surface area contributed by atoms with Gasteiger partial charge in [0.05, 0.1) is 7.11 Å². The van der Waals surface area contributed by atoms with E-state index in [4.69, 9.17) is 4.74 Å². The summed E-state index contributed by atoms with van der Waals surface area (Å²) in [6, 6.07) is 9.16. The largest absolute Gasteiger partial charge is 0.497 e. The van der Waals surface area contributed by atoms with Gasteiger partial charge in [-0.15, -0.1) is 0 Å². The fourth-order valence-corrected chi connectivity index (χ4v) is 9.82. The molecule has 0 N–H and O–H groups in total. The van der Waals surface area contributed by atoms with Crippen LogP contribution in [0.5, 0.6) is 5.75 Å². The molecule has 0 atom stereocenters. The lowest BCUT2D eigenvalue weighted by molar-refractivity contribution is -1.03. The summed E-state index contributed by atoms with van der Waals surface area (Å²) in [6.07, 6.45) is -7.91. The Kier molecular flexibility index (Phi) is 9.89. The standard InChI is InChI=1S/C21H12F17IO4S/c1-42-13-9-7-12(8-10-13)39(11-5-3-2-4-6-11)43-44(40,41)21(37,38)19(32,33)17(28,29)15(24,25)14(22,23)16(26,27)18(30,31)20(34,35)36/h2-10H,1H3/q+1. The minimum atomic E-state index is -8.92. The number of hydrogen-bond donors (Lipinski definition) is 0. The molecule has 4 nitrogen and oxygen atoms in total. The summed E-state index contributed by atoms with van der Waals surface area (Å²) < 4.78 is 263. The van der Waals surface area contributed by atoms with Crippen LogP contribution in [-0.2, 0) is 12.6 Å². The fourth-order valence-electron chi connectivity index (χ4n) is 2.84. The minimum Gasteiger partial charge on any atom is -0.497 e. The molecule has 0 aromatic heterocycles. The van der Waals surface area contributed by atoms with Crippen LogP contribution < -0.4 is 25.0 Å². The Labute approximate surface area is 242 Å². The Morgan fingerprint density at radius 2 is 0.886 bits per heavy atom. The van der Waals surface area contributed by atoms with Crippen LogP contribution in [0.25, 0.3) is 0 Å². The highest BCUT2D eigenvalue weighted by Crippen LogP contribution is 2.64. The molecule has 0 bridgehead atoms. The van der Waals surface area contributed by atoms with Gasteiger partial charge >= 0.3 is 77.3 Å². The van der Waals surface area contributed by atoms with Crippen LogP contribution in [0, 0.1) is 7.14 Å². The molecule has 0 saturated carbocycles. The Morgan fingerprint density at radius 3 is 1.27 bits per heavy atom. The van der Waals surface area contributed by atoms with Crippen molar-refractivity contribution in [2.45, 2.75) is 47.0 Å². The molecule has 0 spiro atoms. The lowest BCUT2D eigenvalue weighted by atomic mass is 9.91. The van der Waals surface area contributed by atoms with Gasteiger partial charge in [0.15, 0.2) is 7.14 Å². The lowest BCUT2D eigenvalue weighted by Crippen LogP contribution is -3.85. The number of halogens is 18. The monoisotopic (exact) mass is 810 g/mol. The van der Waals surface area contributed by atoms with E-state index in [1.807, 2.05) is 0 Å². The second-order valence-electron chi connectivity index (χ2n) is 8.18. The second-order valence-corrected chi connectivity index (χ2v) is 14.7. The van der Waals surface area contributed by atoms with E-state index < -0.39 is 80.9 Å². The summed E-state index contributed by atoms with van der Waals surface area (Å²) in [5.41, 5.74) is 0. The van der Waals surface area contributed by atoms with Crippen LogP contribution in [0.1, 0.15) is 0 Å². The van der Waals surface area contributed by atoms with Crippen LogP contribution in [0.15, 0.2) is 54.6 Å². The van der Waals surface area contributed by atoms with Crippen molar-refractivity contribution in [3.8, 4) is 5.75 Å². The summed E-state index contributed by atoms with van der Waals surface area (Å²) >= 11 is -4.59. The van der Waals surface area contributed by atoms with Gasteiger partial charge < -0.3 is 4.74 Å². The molecule has 0 aliphatic rings. The van der Waals surface area contributed by atoms with Crippen LogP contribution >= 0.6 is 0 Å². The van der Waals surface area contributed by atoms with Crippen LogP contribution in [0.4, 0.5) is 74.6 Å². The maximum atomic E-state index is 14.6. The number of methoxy groups -OCH3 is 1. The maximum Gasteiger partial charge on any atom is 0.460 e. The lowest BCUT2D eigenvalue weighted by Gasteiger charge is -2.42. The maximum absolute atomic E-state index is 14.6. The van der Waals surface area contributed by atoms with Crippen molar-refractivity contribution in [1.82, 2.24) is 0 Å². The molecule has 0 saturated heterocycles. The first-order valence-electron chi connectivity index (χ1n) is 10.5. The van der Waals surface area contributed by atoms with Gasteiger partial charge in [-0.2, -0.15) is 83.1 Å². The van der Waals surface area contributed by atoms with E-state index in [0.29, 0.717) is 0 Å². The summed E-state index contributed by atoms with van der Waals surface area (Å²) in [5, 5.41) is -7.76. The Balaban J connectivity index is 2.68. The molecule has 0 aliphatic carbocycles. The average molecular weight is 810 g/mol. The van der Waals surface area contributed by atoms with Crippen molar-refractivity contribution in [3.05, 3.63) is 61.7 Å². The van der Waals surface area contributed by atoms with Crippen molar-refractivity contribution in [2.24, 2.45) is 0 Å². The van der Waals surface area contributed by atoms with Crippen LogP contribution in [-0.4, -0.2) is 62.5 Å². The van der Waals surface area contributed by atoms with Crippen molar-refractivity contribution in [1.29, 1.82) is 0 Å². The highest BCUT2D eigenvalue weighted by atomic mass is 127. The highest BCUT2D eigenvalue weighted by molar-refractivity contribution is 7.87. The summed E-state index contributed by atoms with van der Waals surface area (Å²) in [4.78, 5) is 0. The molecule has 0 heterocycles. The molecule has 251 valence electrons. The van der Waals surface area contributed by atoms with E-state index in [1.54, 1.807) is 0 Å². The molecular formula is C21H12F17IO4S+.